The number of nitrogens with zero attached hydrogens (tertiary/aromatic N) is 2. The van der Waals surface area contributed by atoms with Gasteiger partial charge in [-0.1, -0.05) is 6.92 Å². The summed E-state index contributed by atoms with van der Waals surface area (Å²) in [4.78, 5) is 16.6. The molecule has 0 aromatic heterocycles. The minimum absolute atomic E-state index is 0. The zero-order valence-corrected chi connectivity index (χ0v) is 12.9. The number of carbonyl (C=O) groups is 1. The number of rotatable bonds is 4. The van der Waals surface area contributed by atoms with E-state index >= 15 is 0 Å². The molecule has 0 aromatic rings. The summed E-state index contributed by atoms with van der Waals surface area (Å²) in [5, 5.41) is 3.07. The van der Waals surface area contributed by atoms with Crippen LogP contribution >= 0.6 is 24.8 Å². The largest absolute Gasteiger partial charge is 0.340 e. The first-order chi connectivity index (χ1) is 7.72. The van der Waals surface area contributed by atoms with Crippen LogP contribution in [0.1, 0.15) is 19.8 Å². The number of amides is 1. The lowest BCUT2D eigenvalue weighted by atomic mass is 10.1. The van der Waals surface area contributed by atoms with Crippen molar-refractivity contribution < 1.29 is 4.79 Å². The maximum absolute atomic E-state index is 12.0. The van der Waals surface area contributed by atoms with Crippen LogP contribution in [0.2, 0.25) is 0 Å². The lowest BCUT2D eigenvalue weighted by molar-refractivity contribution is -0.136. The molecule has 1 unspecified atom stereocenters. The van der Waals surface area contributed by atoms with E-state index in [9.17, 15) is 4.79 Å². The van der Waals surface area contributed by atoms with Crippen molar-refractivity contribution in [2.45, 2.75) is 25.8 Å². The second kappa shape index (κ2) is 8.20. The maximum Gasteiger partial charge on any atom is 0.226 e. The molecular formula is C12H25Cl2N3O. The quantitative estimate of drug-likeness (QED) is 0.841. The van der Waals surface area contributed by atoms with E-state index in [-0.39, 0.29) is 30.7 Å². The summed E-state index contributed by atoms with van der Waals surface area (Å²) in [6.07, 6.45) is 2.73. The summed E-state index contributed by atoms with van der Waals surface area (Å²) in [6.45, 7) is 6.77. The number of piperazine rings is 1. The van der Waals surface area contributed by atoms with E-state index in [2.05, 4.69) is 10.2 Å². The van der Waals surface area contributed by atoms with Crippen LogP contribution in [-0.4, -0.2) is 61.5 Å². The van der Waals surface area contributed by atoms with Gasteiger partial charge in [0.1, 0.15) is 0 Å². The van der Waals surface area contributed by atoms with Crippen molar-refractivity contribution in [2.24, 2.45) is 5.92 Å². The van der Waals surface area contributed by atoms with Gasteiger partial charge in [-0.15, -0.1) is 24.8 Å². The van der Waals surface area contributed by atoms with Gasteiger partial charge >= 0.3 is 0 Å². The Morgan fingerprint density at radius 1 is 1.22 bits per heavy atom. The van der Waals surface area contributed by atoms with E-state index < -0.39 is 0 Å². The molecule has 1 saturated carbocycles. The Morgan fingerprint density at radius 3 is 2.22 bits per heavy atom. The first-order valence-electron chi connectivity index (χ1n) is 6.40. The number of nitrogens with one attached hydrogen (secondary N) is 1. The SMILES string of the molecule is CNCC(C)C(=O)N1CCN(C2CC2)CC1.Cl.Cl. The number of halogens is 2. The standard InChI is InChI=1S/C12H23N3O.2ClH/c1-10(9-13-2)12(16)15-7-5-14(6-8-15)11-3-4-11;;/h10-11,13H,3-9H2,1-2H3;2*1H. The fourth-order valence-corrected chi connectivity index (χ4v) is 2.45. The zero-order chi connectivity index (χ0) is 11.5. The normalized spacial score (nSPS) is 21.8. The van der Waals surface area contributed by atoms with E-state index in [1.807, 2.05) is 18.9 Å². The topological polar surface area (TPSA) is 35.6 Å². The Hall–Kier alpha value is -0.0300. The van der Waals surface area contributed by atoms with E-state index in [0.29, 0.717) is 5.91 Å². The van der Waals surface area contributed by atoms with Gasteiger partial charge in [0.15, 0.2) is 0 Å². The number of hydrogen-bond acceptors (Lipinski definition) is 3. The monoisotopic (exact) mass is 297 g/mol. The van der Waals surface area contributed by atoms with E-state index in [1.54, 1.807) is 0 Å². The highest BCUT2D eigenvalue weighted by Crippen LogP contribution is 2.27. The van der Waals surface area contributed by atoms with Crippen molar-refractivity contribution in [3.63, 3.8) is 0 Å². The molecule has 1 amide bonds. The molecule has 2 rings (SSSR count). The summed E-state index contributed by atoms with van der Waals surface area (Å²) >= 11 is 0. The fourth-order valence-electron chi connectivity index (χ4n) is 2.45. The summed E-state index contributed by atoms with van der Waals surface area (Å²) in [7, 11) is 1.90. The fraction of sp³-hybridized carbons (Fsp3) is 0.917. The van der Waals surface area contributed by atoms with Gasteiger partial charge in [0.25, 0.3) is 0 Å². The molecule has 108 valence electrons. The molecule has 1 aliphatic carbocycles. The van der Waals surface area contributed by atoms with Crippen molar-refractivity contribution >= 4 is 30.7 Å². The average Bonchev–Trinajstić information content (AvgIpc) is 3.12. The molecule has 1 N–H and O–H groups in total. The Labute approximate surface area is 122 Å². The van der Waals surface area contributed by atoms with Crippen LogP contribution in [0.4, 0.5) is 0 Å². The third kappa shape index (κ3) is 4.57. The molecule has 1 saturated heterocycles. The number of hydrogen-bond donors (Lipinski definition) is 1. The summed E-state index contributed by atoms with van der Waals surface area (Å²) in [6, 6.07) is 0.840. The smallest absolute Gasteiger partial charge is 0.226 e. The minimum atomic E-state index is 0. The third-order valence-electron chi connectivity index (χ3n) is 3.62. The molecule has 0 bridgehead atoms. The maximum atomic E-state index is 12.0. The molecule has 1 heterocycles. The third-order valence-corrected chi connectivity index (χ3v) is 3.62. The first-order valence-corrected chi connectivity index (χ1v) is 6.40. The van der Waals surface area contributed by atoms with Crippen LogP contribution in [0, 0.1) is 5.92 Å². The molecule has 2 aliphatic rings. The highest BCUT2D eigenvalue weighted by molar-refractivity contribution is 5.85. The van der Waals surface area contributed by atoms with Gasteiger partial charge in [-0.2, -0.15) is 0 Å². The summed E-state index contributed by atoms with van der Waals surface area (Å²) < 4.78 is 0. The molecule has 6 heteroatoms. The lowest BCUT2D eigenvalue weighted by Crippen LogP contribution is -2.51. The summed E-state index contributed by atoms with van der Waals surface area (Å²) in [5.74, 6) is 0.419. The lowest BCUT2D eigenvalue weighted by Gasteiger charge is -2.36. The van der Waals surface area contributed by atoms with Crippen molar-refractivity contribution in [2.75, 3.05) is 39.8 Å². The molecule has 1 atom stereocenters. The van der Waals surface area contributed by atoms with E-state index in [0.717, 1.165) is 38.8 Å². The highest BCUT2D eigenvalue weighted by Gasteiger charge is 2.32. The van der Waals surface area contributed by atoms with Crippen LogP contribution in [0.3, 0.4) is 0 Å². The molecule has 0 spiro atoms. The molecule has 1 aliphatic heterocycles. The Bertz CT molecular complexity index is 254. The van der Waals surface area contributed by atoms with Gasteiger partial charge in [0.2, 0.25) is 5.91 Å². The molecule has 4 nitrogen and oxygen atoms in total. The molecule has 2 fully saturated rings. The van der Waals surface area contributed by atoms with Gasteiger partial charge in [0.05, 0.1) is 0 Å². The van der Waals surface area contributed by atoms with Crippen molar-refractivity contribution in [3.8, 4) is 0 Å². The highest BCUT2D eigenvalue weighted by atomic mass is 35.5. The van der Waals surface area contributed by atoms with Gasteiger partial charge in [0, 0.05) is 44.7 Å². The Morgan fingerprint density at radius 2 is 1.78 bits per heavy atom. The average molecular weight is 298 g/mol. The minimum Gasteiger partial charge on any atom is -0.340 e. The van der Waals surface area contributed by atoms with Gasteiger partial charge in [-0.3, -0.25) is 9.69 Å². The number of carbonyl (C=O) groups excluding carboxylic acids is 1. The Kier molecular flexibility index (Phi) is 8.19. The second-order valence-electron chi connectivity index (χ2n) is 5.05. The van der Waals surface area contributed by atoms with Gasteiger partial charge in [-0.05, 0) is 19.9 Å². The van der Waals surface area contributed by atoms with Crippen LogP contribution < -0.4 is 5.32 Å². The first kappa shape index (κ1) is 18.0. The van der Waals surface area contributed by atoms with E-state index in [4.69, 9.17) is 0 Å². The van der Waals surface area contributed by atoms with E-state index in [1.165, 1.54) is 12.8 Å². The predicted molar refractivity (Wildman–Crippen MR) is 78.8 cm³/mol. The summed E-state index contributed by atoms with van der Waals surface area (Å²) in [5.41, 5.74) is 0. The molecule has 18 heavy (non-hydrogen) atoms. The van der Waals surface area contributed by atoms with Crippen LogP contribution in [0.15, 0.2) is 0 Å². The van der Waals surface area contributed by atoms with Crippen molar-refractivity contribution in [1.82, 2.24) is 15.1 Å². The molecular weight excluding hydrogens is 273 g/mol. The van der Waals surface area contributed by atoms with Gasteiger partial charge < -0.3 is 10.2 Å². The van der Waals surface area contributed by atoms with Crippen molar-refractivity contribution in [1.29, 1.82) is 0 Å². The Balaban J connectivity index is 0.00000144. The van der Waals surface area contributed by atoms with Crippen molar-refractivity contribution in [3.05, 3.63) is 0 Å². The second-order valence-corrected chi connectivity index (χ2v) is 5.05. The van der Waals surface area contributed by atoms with Crippen LogP contribution in [0.25, 0.3) is 0 Å². The molecule has 0 aromatic carbocycles. The van der Waals surface area contributed by atoms with Gasteiger partial charge in [-0.25, -0.2) is 0 Å². The van der Waals surface area contributed by atoms with Crippen LogP contribution in [0.5, 0.6) is 0 Å². The predicted octanol–water partition coefficient (Wildman–Crippen LogP) is 0.992. The zero-order valence-electron chi connectivity index (χ0n) is 11.2. The van der Waals surface area contributed by atoms with Crippen LogP contribution in [-0.2, 0) is 4.79 Å². The molecule has 0 radical (unpaired) electrons.